The highest BCUT2D eigenvalue weighted by Gasteiger charge is 2.08. The molecule has 8 heteroatoms. The lowest BCUT2D eigenvalue weighted by Crippen LogP contribution is -2.25. The van der Waals surface area contributed by atoms with Crippen LogP contribution in [0.3, 0.4) is 0 Å². The number of aryl methyl sites for hydroxylation is 1. The average Bonchev–Trinajstić information content (AvgIpc) is 3.00. The molecule has 2 heterocycles. The monoisotopic (exact) mass is 354 g/mol. The molecule has 0 aromatic carbocycles. The van der Waals surface area contributed by atoms with Gasteiger partial charge in [0.2, 0.25) is 5.91 Å². The SMILES string of the molecule is CCCNC(=O)CSc1nnc(SCCc2ccncc2)s1. The first kappa shape index (κ1) is 17.2. The number of carbonyl (C=O) groups excluding carboxylic acids is 1. The average molecular weight is 355 g/mol. The van der Waals surface area contributed by atoms with Crippen molar-refractivity contribution < 1.29 is 4.79 Å². The molecule has 0 fully saturated rings. The van der Waals surface area contributed by atoms with E-state index in [1.165, 1.54) is 17.3 Å². The van der Waals surface area contributed by atoms with Gasteiger partial charge < -0.3 is 5.32 Å². The molecule has 1 amide bonds. The topological polar surface area (TPSA) is 67.8 Å². The van der Waals surface area contributed by atoms with Crippen molar-refractivity contribution in [3.05, 3.63) is 30.1 Å². The minimum Gasteiger partial charge on any atom is -0.355 e. The van der Waals surface area contributed by atoms with Gasteiger partial charge in [-0.3, -0.25) is 9.78 Å². The van der Waals surface area contributed by atoms with Crippen LogP contribution in [0.5, 0.6) is 0 Å². The summed E-state index contributed by atoms with van der Waals surface area (Å²) in [7, 11) is 0. The predicted octanol–water partition coefficient (Wildman–Crippen LogP) is 2.89. The van der Waals surface area contributed by atoms with Crippen LogP contribution in [0.1, 0.15) is 18.9 Å². The largest absolute Gasteiger partial charge is 0.355 e. The second-order valence-corrected chi connectivity index (χ2v) is 7.97. The quantitative estimate of drug-likeness (QED) is 0.699. The van der Waals surface area contributed by atoms with E-state index in [1.54, 1.807) is 23.1 Å². The third-order valence-corrected chi connectivity index (χ3v) is 5.84. The Labute approximate surface area is 142 Å². The van der Waals surface area contributed by atoms with Crippen LogP contribution in [0.15, 0.2) is 33.2 Å². The summed E-state index contributed by atoms with van der Waals surface area (Å²) < 4.78 is 1.79. The van der Waals surface area contributed by atoms with Crippen molar-refractivity contribution in [2.24, 2.45) is 0 Å². The van der Waals surface area contributed by atoms with Crippen molar-refractivity contribution in [1.82, 2.24) is 20.5 Å². The lowest BCUT2D eigenvalue weighted by molar-refractivity contribution is -0.118. The van der Waals surface area contributed by atoms with E-state index < -0.39 is 0 Å². The van der Waals surface area contributed by atoms with E-state index in [-0.39, 0.29) is 5.91 Å². The van der Waals surface area contributed by atoms with Gasteiger partial charge in [0.1, 0.15) is 0 Å². The first-order valence-corrected chi connectivity index (χ1v) is 9.81. The van der Waals surface area contributed by atoms with E-state index in [0.717, 1.165) is 33.8 Å². The Morgan fingerprint density at radius 2 is 1.95 bits per heavy atom. The third-order valence-electron chi connectivity index (χ3n) is 2.65. The number of rotatable bonds is 9. The standard InChI is InChI=1S/C14H18N4OS3/c1-2-6-16-12(19)10-21-14-18-17-13(22-14)20-9-5-11-3-7-15-8-4-11/h3-4,7-8H,2,5-6,9-10H2,1H3,(H,16,19). The Morgan fingerprint density at radius 1 is 1.23 bits per heavy atom. The van der Waals surface area contributed by atoms with Gasteiger partial charge in [-0.1, -0.05) is 41.8 Å². The van der Waals surface area contributed by atoms with Crippen LogP contribution in [0.25, 0.3) is 0 Å². The van der Waals surface area contributed by atoms with Crippen molar-refractivity contribution in [1.29, 1.82) is 0 Å². The molecular weight excluding hydrogens is 336 g/mol. The molecule has 22 heavy (non-hydrogen) atoms. The lowest BCUT2D eigenvalue weighted by Gasteiger charge is -2.00. The van der Waals surface area contributed by atoms with Crippen molar-refractivity contribution in [3.63, 3.8) is 0 Å². The number of hydrogen-bond donors (Lipinski definition) is 1. The number of thioether (sulfide) groups is 2. The highest BCUT2D eigenvalue weighted by molar-refractivity contribution is 8.03. The van der Waals surface area contributed by atoms with Crippen LogP contribution in [0.2, 0.25) is 0 Å². The van der Waals surface area contributed by atoms with Crippen molar-refractivity contribution >= 4 is 40.8 Å². The molecule has 0 radical (unpaired) electrons. The van der Waals surface area contributed by atoms with Crippen LogP contribution in [-0.4, -0.2) is 39.1 Å². The fourth-order valence-electron chi connectivity index (χ4n) is 1.56. The van der Waals surface area contributed by atoms with Gasteiger partial charge in [-0.05, 0) is 30.5 Å². The summed E-state index contributed by atoms with van der Waals surface area (Å²) in [5.41, 5.74) is 1.27. The number of hydrogen-bond acceptors (Lipinski definition) is 7. The fraction of sp³-hybridized carbons (Fsp3) is 0.429. The van der Waals surface area contributed by atoms with Crippen molar-refractivity contribution in [2.75, 3.05) is 18.1 Å². The molecule has 118 valence electrons. The van der Waals surface area contributed by atoms with Gasteiger partial charge in [0.05, 0.1) is 5.75 Å². The summed E-state index contributed by atoms with van der Waals surface area (Å²) in [6, 6.07) is 4.05. The third kappa shape index (κ3) is 6.33. The number of amides is 1. The van der Waals surface area contributed by atoms with Crippen LogP contribution in [-0.2, 0) is 11.2 Å². The molecule has 5 nitrogen and oxygen atoms in total. The Balaban J connectivity index is 1.69. The van der Waals surface area contributed by atoms with Crippen molar-refractivity contribution in [2.45, 2.75) is 28.4 Å². The smallest absolute Gasteiger partial charge is 0.230 e. The first-order chi connectivity index (χ1) is 10.8. The molecule has 0 aliphatic carbocycles. The lowest BCUT2D eigenvalue weighted by atomic mass is 10.2. The second kappa shape index (κ2) is 9.81. The molecule has 0 unspecified atom stereocenters. The zero-order chi connectivity index (χ0) is 15.6. The van der Waals surface area contributed by atoms with E-state index in [4.69, 9.17) is 0 Å². The summed E-state index contributed by atoms with van der Waals surface area (Å²) in [4.78, 5) is 15.5. The van der Waals surface area contributed by atoms with E-state index in [9.17, 15) is 4.79 Å². The first-order valence-electron chi connectivity index (χ1n) is 7.02. The zero-order valence-corrected chi connectivity index (χ0v) is 14.8. The molecular formula is C14H18N4OS3. The van der Waals surface area contributed by atoms with Crippen molar-refractivity contribution in [3.8, 4) is 0 Å². The second-order valence-electron chi connectivity index (χ2n) is 4.43. The molecule has 2 rings (SSSR count). The maximum absolute atomic E-state index is 11.5. The van der Waals surface area contributed by atoms with Crippen LogP contribution < -0.4 is 5.32 Å². The van der Waals surface area contributed by atoms with Crippen LogP contribution in [0.4, 0.5) is 0 Å². The molecule has 0 aliphatic heterocycles. The van der Waals surface area contributed by atoms with Crippen LogP contribution >= 0.6 is 34.9 Å². The normalized spacial score (nSPS) is 10.6. The Morgan fingerprint density at radius 3 is 2.68 bits per heavy atom. The van der Waals surface area contributed by atoms with E-state index in [1.807, 2.05) is 31.5 Å². The molecule has 0 bridgehead atoms. The van der Waals surface area contributed by atoms with Gasteiger partial charge >= 0.3 is 0 Å². The highest BCUT2D eigenvalue weighted by atomic mass is 32.2. The number of carbonyl (C=O) groups is 1. The summed E-state index contributed by atoms with van der Waals surface area (Å²) in [5.74, 6) is 1.41. The van der Waals surface area contributed by atoms with E-state index >= 15 is 0 Å². The van der Waals surface area contributed by atoms with E-state index in [0.29, 0.717) is 5.75 Å². The molecule has 0 spiro atoms. The number of pyridine rings is 1. The zero-order valence-electron chi connectivity index (χ0n) is 12.3. The van der Waals surface area contributed by atoms with Gasteiger partial charge in [-0.2, -0.15) is 0 Å². The molecule has 2 aromatic rings. The molecule has 2 aromatic heterocycles. The molecule has 0 saturated carbocycles. The summed E-state index contributed by atoms with van der Waals surface area (Å²) in [5, 5.41) is 11.1. The van der Waals surface area contributed by atoms with Gasteiger partial charge in [0.25, 0.3) is 0 Å². The minimum absolute atomic E-state index is 0.0499. The van der Waals surface area contributed by atoms with Crippen LogP contribution in [0, 0.1) is 0 Å². The maximum atomic E-state index is 11.5. The number of aromatic nitrogens is 3. The minimum atomic E-state index is 0.0499. The summed E-state index contributed by atoms with van der Waals surface area (Å²) in [6.45, 7) is 2.76. The van der Waals surface area contributed by atoms with Gasteiger partial charge in [-0.15, -0.1) is 10.2 Å². The van der Waals surface area contributed by atoms with Gasteiger partial charge in [0.15, 0.2) is 8.68 Å². The Hall–Kier alpha value is -1.12. The molecule has 0 atom stereocenters. The fourth-order valence-corrected chi connectivity index (χ4v) is 4.47. The van der Waals surface area contributed by atoms with Gasteiger partial charge in [0, 0.05) is 24.7 Å². The molecule has 0 saturated heterocycles. The summed E-state index contributed by atoms with van der Waals surface area (Å²) >= 11 is 4.68. The summed E-state index contributed by atoms with van der Waals surface area (Å²) in [6.07, 6.45) is 5.55. The molecule has 1 N–H and O–H groups in total. The number of nitrogens with zero attached hydrogens (tertiary/aromatic N) is 3. The maximum Gasteiger partial charge on any atom is 0.230 e. The Bertz CT molecular complexity index is 576. The molecule has 0 aliphatic rings. The highest BCUT2D eigenvalue weighted by Crippen LogP contribution is 2.28. The number of nitrogens with one attached hydrogen (secondary N) is 1. The van der Waals surface area contributed by atoms with E-state index in [2.05, 4.69) is 20.5 Å². The predicted molar refractivity (Wildman–Crippen MR) is 92.6 cm³/mol. The Kier molecular flexibility index (Phi) is 7.68. The van der Waals surface area contributed by atoms with Gasteiger partial charge in [-0.25, -0.2) is 0 Å².